The highest BCUT2D eigenvalue weighted by Crippen LogP contribution is 2.32. The molecule has 2 N–H and O–H groups in total. The summed E-state index contributed by atoms with van der Waals surface area (Å²) in [5.41, 5.74) is 4.55. The Kier molecular flexibility index (Phi) is 4.52. The summed E-state index contributed by atoms with van der Waals surface area (Å²) in [6.45, 7) is 6.15. The van der Waals surface area contributed by atoms with E-state index in [1.54, 1.807) is 7.05 Å². The first-order valence-electron chi connectivity index (χ1n) is 10.1. The number of hydrogen-bond donors (Lipinski definition) is 2. The lowest BCUT2D eigenvalue weighted by Gasteiger charge is -2.38. The van der Waals surface area contributed by atoms with Crippen LogP contribution in [0.4, 0.5) is 5.69 Å². The highest BCUT2D eigenvalue weighted by atomic mass is 35.5. The van der Waals surface area contributed by atoms with Crippen LogP contribution in [0.1, 0.15) is 24.2 Å². The number of benzene rings is 1. The van der Waals surface area contributed by atoms with Gasteiger partial charge in [0.2, 0.25) is 0 Å². The Hall–Kier alpha value is -2.90. The Morgan fingerprint density at radius 2 is 1.93 bits per heavy atom. The number of aromatic nitrogens is 3. The van der Waals surface area contributed by atoms with Crippen LogP contribution in [0.25, 0.3) is 27.7 Å². The molecular weight excluding hydrogens is 400 g/mol. The van der Waals surface area contributed by atoms with Crippen molar-refractivity contribution in [3.8, 4) is 0 Å². The van der Waals surface area contributed by atoms with Crippen LogP contribution < -0.4 is 15.5 Å². The first-order chi connectivity index (χ1) is 14.5. The molecule has 30 heavy (non-hydrogen) atoms. The van der Waals surface area contributed by atoms with Crippen LogP contribution in [0.5, 0.6) is 0 Å². The number of imidazole rings is 1. The second-order valence-electron chi connectivity index (χ2n) is 7.98. The summed E-state index contributed by atoms with van der Waals surface area (Å²) >= 11 is 6.19. The average molecular weight is 423 g/mol. The Labute approximate surface area is 179 Å². The molecule has 0 radical (unpaired) electrons. The molecule has 7 nitrogen and oxygen atoms in total. The number of carbonyl (C=O) groups is 1. The molecule has 0 aliphatic carbocycles. The molecule has 2 atom stereocenters. The molecular formula is C22H23ClN6O. The molecule has 1 fully saturated rings. The lowest BCUT2D eigenvalue weighted by atomic mass is 10.1. The predicted octanol–water partition coefficient (Wildman–Crippen LogP) is 3.24. The van der Waals surface area contributed by atoms with Gasteiger partial charge in [0.25, 0.3) is 5.91 Å². The van der Waals surface area contributed by atoms with Crippen molar-refractivity contribution in [3.63, 3.8) is 0 Å². The second kappa shape index (κ2) is 7.11. The number of nitrogens with one attached hydrogen (secondary N) is 2. The largest absolute Gasteiger partial charge is 0.368 e. The van der Waals surface area contributed by atoms with Crippen LogP contribution in [0, 0.1) is 0 Å². The molecule has 8 heteroatoms. The molecule has 1 saturated heterocycles. The van der Waals surface area contributed by atoms with E-state index in [1.807, 2.05) is 40.9 Å². The number of carbonyl (C=O) groups excluding carboxylic acids is 1. The minimum absolute atomic E-state index is 0.180. The number of pyridine rings is 2. The Morgan fingerprint density at radius 1 is 1.17 bits per heavy atom. The van der Waals surface area contributed by atoms with Crippen LogP contribution >= 0.6 is 11.6 Å². The van der Waals surface area contributed by atoms with Crippen LogP contribution in [0.3, 0.4) is 0 Å². The van der Waals surface area contributed by atoms with Crippen molar-refractivity contribution >= 4 is 50.9 Å². The highest BCUT2D eigenvalue weighted by molar-refractivity contribution is 6.31. The van der Waals surface area contributed by atoms with Gasteiger partial charge < -0.3 is 15.5 Å². The lowest BCUT2D eigenvalue weighted by molar-refractivity contribution is 0.0964. The topological polar surface area (TPSA) is 74.6 Å². The molecule has 1 aliphatic rings. The van der Waals surface area contributed by atoms with E-state index >= 15 is 0 Å². The van der Waals surface area contributed by atoms with Gasteiger partial charge in [-0.1, -0.05) is 11.6 Å². The van der Waals surface area contributed by atoms with Gasteiger partial charge >= 0.3 is 0 Å². The minimum atomic E-state index is -0.180. The van der Waals surface area contributed by atoms with E-state index in [0.29, 0.717) is 28.3 Å². The Bertz CT molecular complexity index is 1290. The molecule has 0 saturated carbocycles. The molecule has 2 unspecified atom stereocenters. The zero-order valence-electron chi connectivity index (χ0n) is 17.1. The number of piperazine rings is 1. The van der Waals surface area contributed by atoms with E-state index in [4.69, 9.17) is 16.6 Å². The summed E-state index contributed by atoms with van der Waals surface area (Å²) < 4.78 is 1.96. The summed E-state index contributed by atoms with van der Waals surface area (Å²) in [5, 5.41) is 7.85. The van der Waals surface area contributed by atoms with E-state index in [0.717, 1.165) is 40.8 Å². The van der Waals surface area contributed by atoms with Gasteiger partial charge in [0.15, 0.2) is 5.65 Å². The number of rotatable bonds is 2. The fourth-order valence-electron chi connectivity index (χ4n) is 4.53. The summed E-state index contributed by atoms with van der Waals surface area (Å²) in [6, 6.07) is 10.3. The first-order valence-corrected chi connectivity index (χ1v) is 10.5. The number of amides is 1. The molecule has 0 spiro atoms. The van der Waals surface area contributed by atoms with E-state index in [1.165, 1.54) is 0 Å². The van der Waals surface area contributed by atoms with E-state index in [-0.39, 0.29) is 5.91 Å². The smallest absolute Gasteiger partial charge is 0.254 e. The van der Waals surface area contributed by atoms with Crippen LogP contribution in [-0.4, -0.2) is 52.5 Å². The summed E-state index contributed by atoms with van der Waals surface area (Å²) in [5.74, 6) is -0.180. The molecule has 3 aromatic heterocycles. The molecule has 4 heterocycles. The Balaban J connectivity index is 1.86. The monoisotopic (exact) mass is 422 g/mol. The van der Waals surface area contributed by atoms with Gasteiger partial charge in [-0.2, -0.15) is 0 Å². The number of nitrogens with zero attached hydrogens (tertiary/aromatic N) is 4. The van der Waals surface area contributed by atoms with Gasteiger partial charge in [-0.05, 0) is 44.2 Å². The summed E-state index contributed by atoms with van der Waals surface area (Å²) in [7, 11) is 1.63. The molecule has 1 aliphatic heterocycles. The van der Waals surface area contributed by atoms with Crippen molar-refractivity contribution in [2.24, 2.45) is 0 Å². The standard InChI is InChI=1S/C22H23ClN6O/c1-12-10-28(11-13(2)26-12)18-6-7-25-20-15(18)9-16(22(30)24-3)21-27-17-8-14(23)4-5-19(17)29(20)21/h4-9,12-13,26H,10-11H2,1-3H3,(H,24,30). The van der Waals surface area contributed by atoms with Crippen LogP contribution in [-0.2, 0) is 0 Å². The number of fused-ring (bicyclic) bond motifs is 5. The average Bonchev–Trinajstić information content (AvgIpc) is 3.10. The molecule has 1 aromatic carbocycles. The van der Waals surface area contributed by atoms with Crippen molar-refractivity contribution in [1.29, 1.82) is 0 Å². The molecule has 1 amide bonds. The fourth-order valence-corrected chi connectivity index (χ4v) is 4.69. The third kappa shape index (κ3) is 2.97. The first kappa shape index (κ1) is 19.1. The fraction of sp³-hybridized carbons (Fsp3) is 0.318. The van der Waals surface area contributed by atoms with E-state index in [9.17, 15) is 4.79 Å². The van der Waals surface area contributed by atoms with Crippen molar-refractivity contribution in [2.75, 3.05) is 25.0 Å². The highest BCUT2D eigenvalue weighted by Gasteiger charge is 2.25. The molecule has 4 aromatic rings. The number of halogens is 1. The van der Waals surface area contributed by atoms with Gasteiger partial charge in [-0.3, -0.25) is 9.20 Å². The normalized spacial score (nSPS) is 19.7. The zero-order valence-corrected chi connectivity index (χ0v) is 17.9. The van der Waals surface area contributed by atoms with E-state index in [2.05, 4.69) is 34.4 Å². The van der Waals surface area contributed by atoms with Crippen molar-refractivity contribution in [1.82, 2.24) is 25.0 Å². The minimum Gasteiger partial charge on any atom is -0.368 e. The van der Waals surface area contributed by atoms with Gasteiger partial charge in [0.05, 0.1) is 16.6 Å². The third-order valence-electron chi connectivity index (χ3n) is 5.67. The van der Waals surface area contributed by atoms with Crippen LogP contribution in [0.2, 0.25) is 5.02 Å². The maximum Gasteiger partial charge on any atom is 0.254 e. The summed E-state index contributed by atoms with van der Waals surface area (Å²) in [6.07, 6.45) is 1.83. The van der Waals surface area contributed by atoms with Crippen molar-refractivity contribution in [2.45, 2.75) is 25.9 Å². The van der Waals surface area contributed by atoms with Gasteiger partial charge in [0, 0.05) is 54.5 Å². The molecule has 5 rings (SSSR count). The maximum atomic E-state index is 12.8. The number of anilines is 1. The van der Waals surface area contributed by atoms with E-state index < -0.39 is 0 Å². The van der Waals surface area contributed by atoms with Gasteiger partial charge in [-0.25, -0.2) is 9.97 Å². The maximum absolute atomic E-state index is 12.8. The van der Waals surface area contributed by atoms with Gasteiger partial charge in [-0.15, -0.1) is 0 Å². The molecule has 0 bridgehead atoms. The summed E-state index contributed by atoms with van der Waals surface area (Å²) in [4.78, 5) is 24.5. The quantitative estimate of drug-likeness (QED) is 0.518. The third-order valence-corrected chi connectivity index (χ3v) is 5.91. The lowest BCUT2D eigenvalue weighted by Crippen LogP contribution is -2.54. The Morgan fingerprint density at radius 3 is 2.67 bits per heavy atom. The number of hydrogen-bond acceptors (Lipinski definition) is 5. The van der Waals surface area contributed by atoms with Crippen LogP contribution in [0.15, 0.2) is 36.5 Å². The van der Waals surface area contributed by atoms with Gasteiger partial charge in [0.1, 0.15) is 5.65 Å². The molecule has 154 valence electrons. The SMILES string of the molecule is CNC(=O)c1cc2c(N3CC(C)NC(C)C3)ccnc2n2c1nc1cc(Cl)ccc12. The van der Waals surface area contributed by atoms with Crippen molar-refractivity contribution < 1.29 is 4.79 Å². The second-order valence-corrected chi connectivity index (χ2v) is 8.42. The predicted molar refractivity (Wildman–Crippen MR) is 121 cm³/mol. The zero-order chi connectivity index (χ0) is 21.0. The van der Waals surface area contributed by atoms with Crippen molar-refractivity contribution in [3.05, 3.63) is 47.1 Å².